The van der Waals surface area contributed by atoms with Crippen LogP contribution in [0.2, 0.25) is 0 Å². The van der Waals surface area contributed by atoms with Crippen molar-refractivity contribution in [2.75, 3.05) is 38.2 Å². The van der Waals surface area contributed by atoms with Crippen molar-refractivity contribution in [2.45, 2.75) is 104 Å². The molecule has 2 N–H and O–H groups in total. The topological polar surface area (TPSA) is 135 Å². The Morgan fingerprint density at radius 2 is 1.50 bits per heavy atom. The second-order valence-corrected chi connectivity index (χ2v) is 18.0. The molecule has 58 heavy (non-hydrogen) atoms. The van der Waals surface area contributed by atoms with Crippen LogP contribution in [-0.4, -0.2) is 90.6 Å². The summed E-state index contributed by atoms with van der Waals surface area (Å²) in [4.78, 5) is 54.5. The monoisotopic (exact) mass is 787 g/mol. The molecular weight excluding hydrogens is 731 g/mol. The molecule has 4 aromatic rings. The van der Waals surface area contributed by atoms with Crippen molar-refractivity contribution in [1.82, 2.24) is 28.9 Å². The van der Waals surface area contributed by atoms with E-state index in [2.05, 4.69) is 34.2 Å². The van der Waals surface area contributed by atoms with Gasteiger partial charge in [-0.1, -0.05) is 30.3 Å². The molecule has 12 heteroatoms. The lowest BCUT2D eigenvalue weighted by Crippen LogP contribution is -2.42. The molecule has 12 nitrogen and oxygen atoms in total. The standard InChI is InChI=1S/C46H57N7O5/c1-29-31(25-40(54)41-47-37-27-53(21-12-39(37)50(41)3)32-13-23-58-24-14-32)7-5-8-33(29)34-9-6-10-35(30(34)2)49-43(55)42-48-36-26-52(20-11-38(36)51(42)4)22-19-45-15-17-46(28-45,18-16-45)44(56)57/h5-10,32H,11-28H2,1-4H3,(H,49,55)(H,56,57). The van der Waals surface area contributed by atoms with Crippen molar-refractivity contribution >= 4 is 23.3 Å². The molecule has 2 aromatic heterocycles. The number of aromatic nitrogens is 4. The van der Waals surface area contributed by atoms with Crippen molar-refractivity contribution in [3.05, 3.63) is 87.5 Å². The molecule has 2 bridgehead atoms. The third-order valence-corrected chi connectivity index (χ3v) is 14.8. The van der Waals surface area contributed by atoms with Crippen LogP contribution >= 0.6 is 0 Å². The molecule has 2 aromatic carbocycles. The Morgan fingerprint density at radius 3 is 2.22 bits per heavy atom. The molecule has 3 aliphatic heterocycles. The summed E-state index contributed by atoms with van der Waals surface area (Å²) in [7, 11) is 3.91. The summed E-state index contributed by atoms with van der Waals surface area (Å²) >= 11 is 0. The van der Waals surface area contributed by atoms with Crippen molar-refractivity contribution in [1.29, 1.82) is 0 Å². The molecule has 0 spiro atoms. The third kappa shape index (κ3) is 6.90. The number of nitrogens with one attached hydrogen (secondary N) is 1. The molecule has 1 amide bonds. The summed E-state index contributed by atoms with van der Waals surface area (Å²) < 4.78 is 9.55. The van der Waals surface area contributed by atoms with E-state index in [4.69, 9.17) is 14.7 Å². The normalized spacial score (nSPS) is 23.5. The van der Waals surface area contributed by atoms with Crippen LogP contribution in [0.15, 0.2) is 36.4 Å². The van der Waals surface area contributed by atoms with E-state index in [9.17, 15) is 19.5 Å². The van der Waals surface area contributed by atoms with Crippen LogP contribution in [0, 0.1) is 24.7 Å². The van der Waals surface area contributed by atoms with E-state index in [0.29, 0.717) is 24.2 Å². The first kappa shape index (κ1) is 38.8. The van der Waals surface area contributed by atoms with E-state index in [1.165, 1.54) is 5.69 Å². The minimum Gasteiger partial charge on any atom is -0.481 e. The van der Waals surface area contributed by atoms with E-state index < -0.39 is 11.4 Å². The summed E-state index contributed by atoms with van der Waals surface area (Å²) in [6.45, 7) is 10.0. The quantitative estimate of drug-likeness (QED) is 0.165. The number of carbonyl (C=O) groups excluding carboxylic acids is 2. The number of carbonyl (C=O) groups is 3. The summed E-state index contributed by atoms with van der Waals surface area (Å²) in [5.41, 5.74) is 9.61. The predicted molar refractivity (Wildman–Crippen MR) is 221 cm³/mol. The summed E-state index contributed by atoms with van der Waals surface area (Å²) in [6.07, 6.45) is 9.56. The molecule has 5 aliphatic rings. The maximum atomic E-state index is 13.9. The highest BCUT2D eigenvalue weighted by molar-refractivity contribution is 6.03. The number of hydrogen-bond donors (Lipinski definition) is 2. The minimum atomic E-state index is -0.610. The minimum absolute atomic E-state index is 0.0162. The second-order valence-electron chi connectivity index (χ2n) is 18.0. The number of amides is 1. The fourth-order valence-corrected chi connectivity index (χ4v) is 11.1. The molecule has 0 unspecified atom stereocenters. The number of benzene rings is 2. The fourth-order valence-electron chi connectivity index (χ4n) is 11.1. The number of carboxylic acid groups (broad SMARTS) is 1. The lowest BCUT2D eigenvalue weighted by Gasteiger charge is -2.36. The predicted octanol–water partition coefficient (Wildman–Crippen LogP) is 6.44. The molecule has 3 fully saturated rings. The Morgan fingerprint density at radius 1 is 0.845 bits per heavy atom. The number of nitrogens with zero attached hydrogens (tertiary/aromatic N) is 6. The van der Waals surface area contributed by atoms with Crippen LogP contribution in [0.1, 0.15) is 112 Å². The number of Topliss-reactive ketones (excluding diaryl/α,β-unsaturated/α-hetero) is 1. The van der Waals surface area contributed by atoms with Crippen LogP contribution in [0.4, 0.5) is 5.69 Å². The maximum Gasteiger partial charge on any atom is 0.309 e. The van der Waals surface area contributed by atoms with E-state index in [-0.39, 0.29) is 23.5 Å². The van der Waals surface area contributed by atoms with Crippen molar-refractivity contribution in [3.63, 3.8) is 0 Å². The van der Waals surface area contributed by atoms with Gasteiger partial charge >= 0.3 is 5.97 Å². The van der Waals surface area contributed by atoms with Crippen LogP contribution < -0.4 is 5.32 Å². The van der Waals surface area contributed by atoms with Gasteiger partial charge < -0.3 is 24.3 Å². The Kier molecular flexibility index (Phi) is 10.2. The highest BCUT2D eigenvalue weighted by atomic mass is 16.5. The zero-order chi connectivity index (χ0) is 40.3. The number of anilines is 1. The fraction of sp³-hybridized carbons (Fsp3) is 0.543. The van der Waals surface area contributed by atoms with Gasteiger partial charge in [-0.2, -0.15) is 0 Å². The molecule has 1 saturated heterocycles. The van der Waals surface area contributed by atoms with E-state index in [0.717, 1.165) is 154 Å². The first-order valence-electron chi connectivity index (χ1n) is 21.3. The number of aliphatic carboxylic acids is 1. The van der Waals surface area contributed by atoms with Crippen LogP contribution in [0.25, 0.3) is 11.1 Å². The van der Waals surface area contributed by atoms with Crippen LogP contribution in [0.3, 0.4) is 0 Å². The summed E-state index contributed by atoms with van der Waals surface area (Å²) in [6, 6.07) is 12.6. The lowest BCUT2D eigenvalue weighted by atomic mass is 9.80. The van der Waals surface area contributed by atoms with Crippen molar-refractivity contribution < 1.29 is 24.2 Å². The molecule has 2 saturated carbocycles. The number of ether oxygens (including phenoxy) is 1. The Hall–Kier alpha value is -4.65. The largest absolute Gasteiger partial charge is 0.481 e. The van der Waals surface area contributed by atoms with Gasteiger partial charge in [-0.25, -0.2) is 9.97 Å². The molecule has 5 heterocycles. The van der Waals surface area contributed by atoms with Gasteiger partial charge in [-0.05, 0) is 111 Å². The smallest absolute Gasteiger partial charge is 0.309 e. The number of rotatable bonds is 11. The molecule has 0 atom stereocenters. The zero-order valence-corrected chi connectivity index (χ0v) is 34.5. The number of carboxylic acids is 1. The zero-order valence-electron chi connectivity index (χ0n) is 34.5. The molecule has 2 aliphatic carbocycles. The average Bonchev–Trinajstić information content (AvgIpc) is 3.99. The van der Waals surface area contributed by atoms with Crippen molar-refractivity contribution in [2.24, 2.45) is 24.9 Å². The van der Waals surface area contributed by atoms with Gasteiger partial charge in [-0.3, -0.25) is 24.2 Å². The number of fused-ring (bicyclic) bond motifs is 4. The Balaban J connectivity index is 0.863. The van der Waals surface area contributed by atoms with Crippen LogP contribution in [0.5, 0.6) is 0 Å². The second kappa shape index (κ2) is 15.2. The third-order valence-electron chi connectivity index (χ3n) is 14.8. The van der Waals surface area contributed by atoms with Gasteiger partial charge in [0, 0.05) is 95.9 Å². The van der Waals surface area contributed by atoms with Gasteiger partial charge in [0.05, 0.1) is 16.8 Å². The van der Waals surface area contributed by atoms with Gasteiger partial charge in [0.1, 0.15) is 0 Å². The summed E-state index contributed by atoms with van der Waals surface area (Å²) in [5.74, 6) is 0.0916. The SMILES string of the molecule is Cc1c(CC(=O)c2nc3c(n2C)CCN(C2CCOCC2)C3)cccc1-c1cccc(NC(=O)c2nc3c(n2C)CCN(CCC24CCC(C(=O)O)(CC2)C4)C3)c1C. The lowest BCUT2D eigenvalue weighted by molar-refractivity contribution is -0.148. The Bertz CT molecular complexity index is 2270. The number of ketones is 1. The van der Waals surface area contributed by atoms with Gasteiger partial charge in [0.25, 0.3) is 5.91 Å². The van der Waals surface area contributed by atoms with Gasteiger partial charge in [0.15, 0.2) is 11.6 Å². The van der Waals surface area contributed by atoms with Gasteiger partial charge in [0.2, 0.25) is 5.78 Å². The van der Waals surface area contributed by atoms with E-state index in [1.54, 1.807) is 0 Å². The molecule has 0 radical (unpaired) electrons. The maximum absolute atomic E-state index is 13.9. The molecule has 306 valence electrons. The Labute approximate surface area is 341 Å². The van der Waals surface area contributed by atoms with Crippen LogP contribution in [-0.2, 0) is 56.0 Å². The highest BCUT2D eigenvalue weighted by Crippen LogP contribution is 2.63. The molecular formula is C46H57N7O5. The summed E-state index contributed by atoms with van der Waals surface area (Å²) in [5, 5.41) is 13.0. The number of hydrogen-bond acceptors (Lipinski definition) is 8. The number of imidazole rings is 2. The van der Waals surface area contributed by atoms with Gasteiger partial charge in [-0.15, -0.1) is 0 Å². The average molecular weight is 788 g/mol. The molecule has 9 rings (SSSR count). The van der Waals surface area contributed by atoms with Crippen molar-refractivity contribution in [3.8, 4) is 11.1 Å². The highest BCUT2D eigenvalue weighted by Gasteiger charge is 2.57. The van der Waals surface area contributed by atoms with E-state index >= 15 is 0 Å². The first-order chi connectivity index (χ1) is 27.9. The van der Waals surface area contributed by atoms with E-state index in [1.807, 2.05) is 54.4 Å². The first-order valence-corrected chi connectivity index (χ1v) is 21.3.